The number of fused-ring (bicyclic) bond motifs is 1. The zero-order chi connectivity index (χ0) is 33.8. The van der Waals surface area contributed by atoms with Crippen LogP contribution in [0, 0.1) is 5.92 Å². The first-order chi connectivity index (χ1) is 21.6. The van der Waals surface area contributed by atoms with E-state index in [-0.39, 0.29) is 91.5 Å². The zero-order valence-electron chi connectivity index (χ0n) is 24.9. The van der Waals surface area contributed by atoms with Crippen LogP contribution in [0.1, 0.15) is 16.7 Å². The number of aromatic hydroxyl groups is 2. The number of hydrazone groups is 2. The number of hydrogen-bond acceptors (Lipinski definition) is 12. The van der Waals surface area contributed by atoms with E-state index in [1.165, 1.54) is 6.07 Å². The molecule has 0 fully saturated rings. The van der Waals surface area contributed by atoms with Gasteiger partial charge in [0.15, 0.2) is 0 Å². The van der Waals surface area contributed by atoms with Gasteiger partial charge in [0.25, 0.3) is 11.8 Å². The molecule has 0 saturated carbocycles. The Morgan fingerprint density at radius 1 is 0.771 bits per heavy atom. The summed E-state index contributed by atoms with van der Waals surface area (Å²) < 4.78 is 69.1. The molecule has 4 rings (SSSR count). The van der Waals surface area contributed by atoms with Crippen molar-refractivity contribution in [2.24, 2.45) is 16.1 Å². The Hall–Kier alpha value is -2.20. The van der Waals surface area contributed by atoms with Crippen LogP contribution in [0.3, 0.4) is 0 Å². The maximum absolute atomic E-state index is 13.2. The quantitative estimate of drug-likeness (QED) is 0.0417. The molecule has 0 bridgehead atoms. The third-order valence-corrected chi connectivity index (χ3v) is 9.46. The summed E-state index contributed by atoms with van der Waals surface area (Å²) in [6.07, 6.45) is 1.66. The van der Waals surface area contributed by atoms with Crippen molar-refractivity contribution in [1.82, 2.24) is 10.9 Å². The predicted molar refractivity (Wildman–Crippen MR) is 170 cm³/mol. The number of halogens is 2. The summed E-state index contributed by atoms with van der Waals surface area (Å²) >= 11 is 6.15. The monoisotopic (exact) mass is 840 g/mol. The molecule has 20 heteroatoms. The van der Waals surface area contributed by atoms with Gasteiger partial charge in [-0.25, -0.2) is 27.7 Å². The van der Waals surface area contributed by atoms with Gasteiger partial charge < -0.3 is 19.3 Å². The molecule has 0 saturated heterocycles. The van der Waals surface area contributed by atoms with Crippen LogP contribution in [0.15, 0.2) is 95.7 Å². The smallest absolute Gasteiger partial charge is 0.744 e. The van der Waals surface area contributed by atoms with Gasteiger partial charge >= 0.3 is 59.1 Å². The molecule has 1 unspecified atom stereocenters. The molecule has 0 aliphatic heterocycles. The van der Waals surface area contributed by atoms with Crippen LogP contribution in [-0.4, -0.2) is 60.4 Å². The molecule has 240 valence electrons. The number of hydrogen-bond donors (Lipinski definition) is 4. The maximum atomic E-state index is 13.2. The van der Waals surface area contributed by atoms with E-state index >= 15 is 0 Å². The van der Waals surface area contributed by atoms with Gasteiger partial charge in [0.05, 0.1) is 26.7 Å². The van der Waals surface area contributed by atoms with Gasteiger partial charge in [-0.15, -0.1) is 0 Å². The summed E-state index contributed by atoms with van der Waals surface area (Å²) in [5.74, 6) is -3.99. The van der Waals surface area contributed by atoms with Crippen LogP contribution in [0.4, 0.5) is 0 Å². The molecule has 4 aromatic rings. The normalized spacial score (nSPS) is 12.3. The minimum atomic E-state index is -5.27. The Labute approximate surface area is 335 Å². The molecule has 0 aliphatic rings. The first-order valence-electron chi connectivity index (χ1n) is 12.7. The van der Waals surface area contributed by atoms with Crippen molar-refractivity contribution in [1.29, 1.82) is 0 Å². The Balaban J connectivity index is 0.00000400. The number of amides is 2. The number of carbonyl (C=O) groups excluding carboxylic acids is 2. The molecule has 0 aliphatic carbocycles. The average molecular weight is 842 g/mol. The summed E-state index contributed by atoms with van der Waals surface area (Å²) in [4.78, 5) is 24.4. The van der Waals surface area contributed by atoms with E-state index in [2.05, 4.69) is 52.9 Å². The fourth-order valence-corrected chi connectivity index (χ4v) is 6.51. The average Bonchev–Trinajstić information content (AvgIpc) is 3.00. The number of benzene rings is 4. The maximum Gasteiger partial charge on any atom is 1.00 e. The van der Waals surface area contributed by atoms with E-state index in [0.29, 0.717) is 11.6 Å². The molecule has 2 amide bonds. The summed E-state index contributed by atoms with van der Waals surface area (Å²) in [6, 6.07) is 16.0. The fraction of sp³-hybridized carbons (Fsp3) is 0.0714. The van der Waals surface area contributed by atoms with Gasteiger partial charge in [-0.1, -0.05) is 48.5 Å². The minimum absolute atomic E-state index is 0. The molecule has 14 nitrogen and oxygen atoms in total. The second-order valence-electron chi connectivity index (χ2n) is 9.47. The predicted octanol–water partition coefficient (Wildman–Crippen LogP) is -2.95. The second-order valence-corrected chi connectivity index (χ2v) is 13.8. The Morgan fingerprint density at radius 3 is 1.94 bits per heavy atom. The number of phenolic OH excluding ortho intramolecular Hbond substituents is 2. The van der Waals surface area contributed by atoms with E-state index in [1.54, 1.807) is 18.2 Å². The van der Waals surface area contributed by atoms with Gasteiger partial charge in [-0.3, -0.25) is 9.59 Å². The topological polar surface area (TPSA) is 238 Å². The molecule has 0 radical (unpaired) electrons. The van der Waals surface area contributed by atoms with E-state index in [9.17, 15) is 45.7 Å². The Bertz CT molecular complexity index is 2150. The van der Waals surface area contributed by atoms with E-state index in [4.69, 9.17) is 0 Å². The van der Waals surface area contributed by atoms with Crippen LogP contribution in [-0.2, 0) is 36.2 Å². The number of nitrogens with one attached hydrogen (secondary N) is 2. The fourth-order valence-electron chi connectivity index (χ4n) is 4.10. The van der Waals surface area contributed by atoms with Crippen LogP contribution >= 0.6 is 31.9 Å². The molecular weight excluding hydrogens is 822 g/mol. The molecule has 0 spiro atoms. The number of phenols is 2. The van der Waals surface area contributed by atoms with Gasteiger partial charge in [0.2, 0.25) is 0 Å². The Kier molecular flexibility index (Phi) is 15.4. The summed E-state index contributed by atoms with van der Waals surface area (Å²) in [6.45, 7) is 0. The van der Waals surface area contributed by atoms with Crippen LogP contribution in [0.2, 0.25) is 0 Å². The first kappa shape index (κ1) is 42.0. The Morgan fingerprint density at radius 2 is 1.35 bits per heavy atom. The molecule has 4 aromatic carbocycles. The van der Waals surface area contributed by atoms with Gasteiger partial charge in [0.1, 0.15) is 42.1 Å². The second kappa shape index (κ2) is 17.6. The molecular formula is C28H20Br2N4Na2O10S2. The van der Waals surface area contributed by atoms with Crippen molar-refractivity contribution in [3.05, 3.63) is 92.4 Å². The van der Waals surface area contributed by atoms with Crippen LogP contribution in [0.25, 0.3) is 10.8 Å². The molecule has 0 heterocycles. The molecule has 48 heavy (non-hydrogen) atoms. The van der Waals surface area contributed by atoms with E-state index < -0.39 is 53.3 Å². The first-order valence-corrected chi connectivity index (χ1v) is 17.1. The van der Waals surface area contributed by atoms with Crippen molar-refractivity contribution >= 4 is 87.1 Å². The standard InChI is InChI=1S/C28H22Br2N4O10S2.2Na/c29-22-11-19(25(35)24(30)26(22)36)14-32-34-28(38)21(10-15-5-6-16-3-1-2-4-17(16)9-15)27(37)33-31-13-18-7-8-20(45(39,40)41)12-23(18)46(42,43)44;;/h1-9,11-14,21,35-36H,10H2,(H,33,37)(H,34,38)(H,39,40,41)(H,42,43,44);;/q;2*+1/p-2/b31-13+,32-14+;;. The molecule has 0 aromatic heterocycles. The van der Waals surface area contributed by atoms with Crippen molar-refractivity contribution in [2.45, 2.75) is 16.2 Å². The summed E-state index contributed by atoms with van der Waals surface area (Å²) in [5.41, 5.74) is 4.55. The summed E-state index contributed by atoms with van der Waals surface area (Å²) in [5, 5.41) is 29.3. The van der Waals surface area contributed by atoms with Crippen molar-refractivity contribution in [2.75, 3.05) is 0 Å². The van der Waals surface area contributed by atoms with Gasteiger partial charge in [-0.2, -0.15) is 10.2 Å². The van der Waals surface area contributed by atoms with Crippen molar-refractivity contribution in [3.8, 4) is 11.5 Å². The number of carbonyl (C=O) groups is 2. The van der Waals surface area contributed by atoms with E-state index in [0.717, 1.165) is 35.3 Å². The minimum Gasteiger partial charge on any atom is -0.744 e. The van der Waals surface area contributed by atoms with Crippen molar-refractivity contribution < 1.29 is 105 Å². The van der Waals surface area contributed by atoms with Crippen molar-refractivity contribution in [3.63, 3.8) is 0 Å². The number of nitrogens with zero attached hydrogens (tertiary/aromatic N) is 2. The molecule has 1 atom stereocenters. The van der Waals surface area contributed by atoms with E-state index in [1.807, 2.05) is 24.3 Å². The SMILES string of the molecule is O=C(N/N=C/c1ccc(S(=O)(=O)[O-])cc1S(=O)(=O)[O-])C(Cc1ccc2ccccc2c1)C(=O)N/N=C/c1cc(Br)c(O)c(Br)c1O.[Na+].[Na+]. The third kappa shape index (κ3) is 10.6. The zero-order valence-corrected chi connectivity index (χ0v) is 33.7. The largest absolute Gasteiger partial charge is 1.00 e. The molecule has 4 N–H and O–H groups in total. The van der Waals surface area contributed by atoms with Crippen LogP contribution < -0.4 is 70.0 Å². The van der Waals surface area contributed by atoms with Gasteiger partial charge in [0, 0.05) is 11.1 Å². The number of rotatable bonds is 10. The van der Waals surface area contributed by atoms with Gasteiger partial charge in [-0.05, 0) is 72.8 Å². The van der Waals surface area contributed by atoms with Crippen LogP contribution in [0.5, 0.6) is 11.5 Å². The third-order valence-electron chi connectivity index (χ3n) is 6.38. The summed E-state index contributed by atoms with van der Waals surface area (Å²) in [7, 11) is -10.4.